The minimum atomic E-state index is -1.22. The summed E-state index contributed by atoms with van der Waals surface area (Å²) in [4.78, 5) is 37.4. The van der Waals surface area contributed by atoms with Crippen molar-refractivity contribution in [3.8, 4) is 0 Å². The lowest BCUT2D eigenvalue weighted by atomic mass is 9.95. The van der Waals surface area contributed by atoms with E-state index >= 15 is 0 Å². The number of likely N-dealkylation sites (tertiary alicyclic amines) is 1. The van der Waals surface area contributed by atoms with Gasteiger partial charge in [-0.25, -0.2) is 0 Å². The zero-order valence-corrected chi connectivity index (χ0v) is 15.4. The summed E-state index contributed by atoms with van der Waals surface area (Å²) in [5.41, 5.74) is 2.12. The average molecular weight is 378 g/mol. The van der Waals surface area contributed by atoms with E-state index in [1.165, 1.54) is 4.90 Å². The lowest BCUT2D eigenvalue weighted by Gasteiger charge is -2.25. The van der Waals surface area contributed by atoms with Crippen LogP contribution in [0.2, 0.25) is 0 Å². The second-order valence-electron chi connectivity index (χ2n) is 6.74. The molecular formula is C22H20NO5-. The van der Waals surface area contributed by atoms with Gasteiger partial charge in [-0.3, -0.25) is 9.59 Å². The van der Waals surface area contributed by atoms with Crippen LogP contribution in [0.3, 0.4) is 0 Å². The molecule has 1 aliphatic rings. The number of hydrogen-bond donors (Lipinski definition) is 1. The second kappa shape index (κ2) is 8.08. The molecule has 1 aliphatic heterocycles. The molecule has 2 aromatic carbocycles. The van der Waals surface area contributed by atoms with Crippen LogP contribution >= 0.6 is 0 Å². The number of aryl methyl sites for hydroxylation is 1. The summed E-state index contributed by atoms with van der Waals surface area (Å²) in [5, 5.41) is 21.6. The maximum atomic E-state index is 12.7. The van der Waals surface area contributed by atoms with Gasteiger partial charge in [-0.1, -0.05) is 60.2 Å². The first-order chi connectivity index (χ1) is 13.4. The molecule has 2 aromatic rings. The Bertz CT molecular complexity index is 931. The van der Waals surface area contributed by atoms with Crippen molar-refractivity contribution in [3.63, 3.8) is 0 Å². The molecule has 0 aliphatic carbocycles. The van der Waals surface area contributed by atoms with Gasteiger partial charge in [0, 0.05) is 18.1 Å². The van der Waals surface area contributed by atoms with Gasteiger partial charge in [0.05, 0.1) is 11.6 Å². The molecule has 0 unspecified atom stereocenters. The van der Waals surface area contributed by atoms with Gasteiger partial charge in [-0.15, -0.1) is 0 Å². The summed E-state index contributed by atoms with van der Waals surface area (Å²) in [6.07, 6.45) is -0.0638. The Hall–Kier alpha value is -3.41. The smallest absolute Gasteiger partial charge is 0.295 e. The molecule has 0 spiro atoms. The van der Waals surface area contributed by atoms with E-state index in [2.05, 4.69) is 0 Å². The number of benzene rings is 2. The third-order valence-corrected chi connectivity index (χ3v) is 4.76. The number of carbonyl (C=O) groups is 3. The van der Waals surface area contributed by atoms with Crippen molar-refractivity contribution in [3.05, 3.63) is 76.9 Å². The number of nitrogens with zero attached hydrogens (tertiary/aromatic N) is 1. The first-order valence-electron chi connectivity index (χ1n) is 9.00. The van der Waals surface area contributed by atoms with Crippen LogP contribution in [0.1, 0.15) is 35.6 Å². The predicted octanol–water partition coefficient (Wildman–Crippen LogP) is 1.95. The van der Waals surface area contributed by atoms with Crippen LogP contribution in [0, 0.1) is 6.92 Å². The zero-order chi connectivity index (χ0) is 20.3. The molecule has 1 saturated heterocycles. The maximum absolute atomic E-state index is 12.7. The zero-order valence-electron chi connectivity index (χ0n) is 15.4. The minimum absolute atomic E-state index is 0.00787. The van der Waals surface area contributed by atoms with Crippen molar-refractivity contribution in [2.75, 3.05) is 6.54 Å². The maximum Gasteiger partial charge on any atom is 0.295 e. The fourth-order valence-corrected chi connectivity index (χ4v) is 3.35. The molecule has 0 radical (unpaired) electrons. The molecule has 1 N–H and O–H groups in total. The van der Waals surface area contributed by atoms with Crippen molar-refractivity contribution in [1.29, 1.82) is 0 Å². The second-order valence-corrected chi connectivity index (χ2v) is 6.74. The summed E-state index contributed by atoms with van der Waals surface area (Å²) in [6, 6.07) is 15.1. The van der Waals surface area contributed by atoms with E-state index in [1.807, 2.05) is 25.1 Å². The van der Waals surface area contributed by atoms with Crippen molar-refractivity contribution in [2.24, 2.45) is 0 Å². The van der Waals surface area contributed by atoms with Crippen LogP contribution in [-0.2, 0) is 14.4 Å². The monoisotopic (exact) mass is 378 g/mol. The van der Waals surface area contributed by atoms with Crippen LogP contribution in [-0.4, -0.2) is 34.2 Å². The molecule has 1 amide bonds. The van der Waals surface area contributed by atoms with Crippen LogP contribution in [0.4, 0.5) is 0 Å². The number of aliphatic hydroxyl groups is 1. The van der Waals surface area contributed by atoms with Crippen molar-refractivity contribution >= 4 is 23.4 Å². The lowest BCUT2D eigenvalue weighted by Crippen LogP contribution is -2.32. The topological polar surface area (TPSA) is 97.7 Å². The Morgan fingerprint density at radius 3 is 2.32 bits per heavy atom. The van der Waals surface area contributed by atoms with Gasteiger partial charge < -0.3 is 19.9 Å². The number of aliphatic hydroxyl groups excluding tert-OH is 1. The highest BCUT2D eigenvalue weighted by Crippen LogP contribution is 2.39. The van der Waals surface area contributed by atoms with E-state index in [1.54, 1.807) is 36.4 Å². The summed E-state index contributed by atoms with van der Waals surface area (Å²) >= 11 is 0. The minimum Gasteiger partial charge on any atom is -0.550 e. The van der Waals surface area contributed by atoms with Gasteiger partial charge in [-0.2, -0.15) is 0 Å². The van der Waals surface area contributed by atoms with E-state index in [0.717, 1.165) is 5.56 Å². The number of hydrogen-bond acceptors (Lipinski definition) is 5. The summed E-state index contributed by atoms with van der Waals surface area (Å²) in [6.45, 7) is 1.98. The van der Waals surface area contributed by atoms with Crippen molar-refractivity contribution in [1.82, 2.24) is 4.90 Å². The van der Waals surface area contributed by atoms with E-state index in [-0.39, 0.29) is 30.7 Å². The summed E-state index contributed by atoms with van der Waals surface area (Å²) in [5.74, 6) is -2.98. The van der Waals surface area contributed by atoms with Gasteiger partial charge in [0.15, 0.2) is 0 Å². The molecule has 0 saturated carbocycles. The largest absolute Gasteiger partial charge is 0.550 e. The molecule has 1 heterocycles. The van der Waals surface area contributed by atoms with Crippen LogP contribution < -0.4 is 5.11 Å². The quantitative estimate of drug-likeness (QED) is 0.471. The third kappa shape index (κ3) is 3.81. The van der Waals surface area contributed by atoms with Gasteiger partial charge >= 0.3 is 0 Å². The molecule has 0 bridgehead atoms. The van der Waals surface area contributed by atoms with E-state index in [9.17, 15) is 24.6 Å². The first-order valence-corrected chi connectivity index (χ1v) is 9.00. The third-order valence-electron chi connectivity index (χ3n) is 4.76. The number of carboxylic acids is 1. The van der Waals surface area contributed by atoms with Crippen LogP contribution in [0.15, 0.2) is 60.2 Å². The van der Waals surface area contributed by atoms with E-state index in [0.29, 0.717) is 11.1 Å². The van der Waals surface area contributed by atoms with Gasteiger partial charge in [-0.05, 0) is 25.3 Å². The highest BCUT2D eigenvalue weighted by molar-refractivity contribution is 6.46. The fourth-order valence-electron chi connectivity index (χ4n) is 3.35. The number of carbonyl (C=O) groups excluding carboxylic acids is 3. The Balaban J connectivity index is 2.07. The number of Topliss-reactive ketones (excluding diaryl/α,β-unsaturated/α-hetero) is 1. The molecule has 6 heteroatoms. The Morgan fingerprint density at radius 1 is 1.07 bits per heavy atom. The number of amides is 1. The average Bonchev–Trinajstić information content (AvgIpc) is 2.93. The molecule has 6 nitrogen and oxygen atoms in total. The van der Waals surface area contributed by atoms with Crippen molar-refractivity contribution in [2.45, 2.75) is 25.8 Å². The normalized spacial score (nSPS) is 18.5. The number of rotatable bonds is 6. The fraction of sp³-hybridized carbons (Fsp3) is 0.227. The van der Waals surface area contributed by atoms with Gasteiger partial charge in [0.1, 0.15) is 5.76 Å². The summed E-state index contributed by atoms with van der Waals surface area (Å²) < 4.78 is 0. The first kappa shape index (κ1) is 19.4. The molecule has 1 fully saturated rings. The predicted molar refractivity (Wildman–Crippen MR) is 101 cm³/mol. The SMILES string of the molecule is Cc1ccc(/C(O)=C2\C(=O)C(=O)N(CCCC(=O)[O-])[C@@H]2c2ccccc2)cc1. The highest BCUT2D eigenvalue weighted by atomic mass is 16.4. The van der Waals surface area contributed by atoms with Gasteiger partial charge in [0.2, 0.25) is 0 Å². The molecule has 1 atom stereocenters. The van der Waals surface area contributed by atoms with Crippen molar-refractivity contribution < 1.29 is 24.6 Å². The molecule has 3 rings (SSSR count). The van der Waals surface area contributed by atoms with E-state index in [4.69, 9.17) is 0 Å². The lowest BCUT2D eigenvalue weighted by molar-refractivity contribution is -0.305. The van der Waals surface area contributed by atoms with Crippen LogP contribution in [0.25, 0.3) is 5.76 Å². The molecule has 0 aromatic heterocycles. The number of aliphatic carboxylic acids is 1. The Kier molecular flexibility index (Phi) is 5.59. The van der Waals surface area contributed by atoms with Gasteiger partial charge in [0.25, 0.3) is 11.7 Å². The molecule has 28 heavy (non-hydrogen) atoms. The summed E-state index contributed by atoms with van der Waals surface area (Å²) in [7, 11) is 0. The highest BCUT2D eigenvalue weighted by Gasteiger charge is 2.45. The Labute approximate surface area is 162 Å². The molecular weight excluding hydrogens is 358 g/mol. The molecule has 144 valence electrons. The van der Waals surface area contributed by atoms with E-state index < -0.39 is 23.7 Å². The van der Waals surface area contributed by atoms with Crippen LogP contribution in [0.5, 0.6) is 0 Å². The standard InChI is InChI=1S/C22H21NO5/c1-14-9-11-16(12-10-14)20(26)18-19(15-6-3-2-4-7-15)23(22(28)21(18)27)13-5-8-17(24)25/h2-4,6-7,9-12,19,26H,5,8,13H2,1H3,(H,24,25)/p-1/b20-18+/t19-/m1/s1. The number of ketones is 1. The number of carboxylic acid groups (broad SMARTS) is 1. The Morgan fingerprint density at radius 2 is 1.71 bits per heavy atom.